The van der Waals surface area contributed by atoms with Crippen molar-refractivity contribution >= 4 is 11.6 Å². The molecule has 0 saturated heterocycles. The van der Waals surface area contributed by atoms with E-state index < -0.39 is 5.82 Å². The van der Waals surface area contributed by atoms with E-state index in [0.717, 1.165) is 5.56 Å². The van der Waals surface area contributed by atoms with E-state index in [1.807, 2.05) is 12.1 Å². The van der Waals surface area contributed by atoms with E-state index in [9.17, 15) is 9.18 Å². The Kier molecular flexibility index (Phi) is 5.20. The van der Waals surface area contributed by atoms with E-state index in [1.54, 1.807) is 48.8 Å². The Labute approximate surface area is 166 Å². The number of hydrogen-bond acceptors (Lipinski definition) is 5. The summed E-state index contributed by atoms with van der Waals surface area (Å²) in [5.74, 6) is -1.00. The van der Waals surface area contributed by atoms with Crippen LogP contribution < -0.4 is 10.1 Å². The zero-order valence-electron chi connectivity index (χ0n) is 15.1. The van der Waals surface area contributed by atoms with Crippen LogP contribution >= 0.6 is 0 Å². The Morgan fingerprint density at radius 2 is 1.83 bits per heavy atom. The summed E-state index contributed by atoms with van der Waals surface area (Å²) in [5, 5.41) is 2.71. The molecule has 4 aromatic rings. The van der Waals surface area contributed by atoms with Gasteiger partial charge in [0.2, 0.25) is 0 Å². The summed E-state index contributed by atoms with van der Waals surface area (Å²) in [6.07, 6.45) is 4.84. The fraction of sp³-hybridized carbons (Fsp3) is 0. The van der Waals surface area contributed by atoms with Crippen molar-refractivity contribution in [3.05, 3.63) is 96.7 Å². The van der Waals surface area contributed by atoms with Gasteiger partial charge in [-0.2, -0.15) is 4.98 Å². The first kappa shape index (κ1) is 18.2. The first-order valence-electron chi connectivity index (χ1n) is 8.76. The molecule has 142 valence electrons. The average molecular weight is 386 g/mol. The third-order valence-electron chi connectivity index (χ3n) is 4.02. The van der Waals surface area contributed by atoms with Crippen LogP contribution in [0.3, 0.4) is 0 Å². The lowest BCUT2D eigenvalue weighted by atomic mass is 10.2. The summed E-state index contributed by atoms with van der Waals surface area (Å²) in [6, 6.07) is 18.1. The minimum Gasteiger partial charge on any atom is -0.421 e. The van der Waals surface area contributed by atoms with Crippen molar-refractivity contribution in [3.63, 3.8) is 0 Å². The maximum atomic E-state index is 14.2. The van der Waals surface area contributed by atoms with E-state index in [-0.39, 0.29) is 17.7 Å². The lowest BCUT2D eigenvalue weighted by molar-refractivity contribution is 0.102. The van der Waals surface area contributed by atoms with Crippen LogP contribution in [-0.2, 0) is 0 Å². The highest BCUT2D eigenvalue weighted by Crippen LogP contribution is 2.27. The predicted molar refractivity (Wildman–Crippen MR) is 106 cm³/mol. The number of hydrogen-bond donors (Lipinski definition) is 1. The second kappa shape index (κ2) is 8.26. The molecule has 6 nitrogen and oxygen atoms in total. The molecule has 0 spiro atoms. The maximum absolute atomic E-state index is 14.2. The first-order chi connectivity index (χ1) is 14.2. The molecule has 0 aliphatic heterocycles. The molecule has 1 amide bonds. The molecule has 0 fully saturated rings. The zero-order valence-corrected chi connectivity index (χ0v) is 15.1. The maximum Gasteiger partial charge on any atom is 0.322 e. The average Bonchev–Trinajstić information content (AvgIpc) is 2.77. The Morgan fingerprint density at radius 1 is 0.966 bits per heavy atom. The summed E-state index contributed by atoms with van der Waals surface area (Å²) in [4.78, 5) is 24.7. The number of pyridine rings is 1. The van der Waals surface area contributed by atoms with Crippen LogP contribution in [0.25, 0.3) is 11.3 Å². The molecule has 7 heteroatoms. The van der Waals surface area contributed by atoms with Gasteiger partial charge in [0.05, 0.1) is 5.69 Å². The van der Waals surface area contributed by atoms with Gasteiger partial charge in [0.1, 0.15) is 0 Å². The van der Waals surface area contributed by atoms with Gasteiger partial charge in [-0.05, 0) is 42.5 Å². The molecule has 0 radical (unpaired) electrons. The number of anilines is 1. The van der Waals surface area contributed by atoms with Gasteiger partial charge < -0.3 is 10.1 Å². The summed E-state index contributed by atoms with van der Waals surface area (Å²) in [6.45, 7) is 0. The number of amides is 1. The number of nitrogens with one attached hydrogen (secondary N) is 1. The molecule has 0 atom stereocenters. The third-order valence-corrected chi connectivity index (χ3v) is 4.02. The number of carbonyl (C=O) groups is 1. The van der Waals surface area contributed by atoms with Crippen molar-refractivity contribution in [2.24, 2.45) is 0 Å². The van der Waals surface area contributed by atoms with E-state index >= 15 is 0 Å². The number of rotatable bonds is 5. The second-order valence-corrected chi connectivity index (χ2v) is 6.03. The van der Waals surface area contributed by atoms with Crippen molar-refractivity contribution < 1.29 is 13.9 Å². The molecule has 4 rings (SSSR count). The third kappa shape index (κ3) is 4.41. The molecule has 2 aromatic carbocycles. The smallest absolute Gasteiger partial charge is 0.322 e. The van der Waals surface area contributed by atoms with Crippen molar-refractivity contribution in [1.29, 1.82) is 0 Å². The molecular weight excluding hydrogens is 371 g/mol. The van der Waals surface area contributed by atoms with Gasteiger partial charge in [0, 0.05) is 41.5 Å². The van der Waals surface area contributed by atoms with Crippen LogP contribution in [0.5, 0.6) is 11.8 Å². The Balaban J connectivity index is 1.55. The standard InChI is InChI=1S/C22H15FN4O2/c23-18-9-8-17(26-21(28)15-5-2-1-3-6-15)13-20(18)29-22-25-12-10-19(27-22)16-7-4-11-24-14-16/h1-14H,(H,26,28). The predicted octanol–water partition coefficient (Wildman–Crippen LogP) is 4.72. The topological polar surface area (TPSA) is 77.0 Å². The first-order valence-corrected chi connectivity index (χ1v) is 8.76. The Morgan fingerprint density at radius 3 is 2.62 bits per heavy atom. The molecule has 2 aromatic heterocycles. The van der Waals surface area contributed by atoms with Crippen LogP contribution in [0.2, 0.25) is 0 Å². The van der Waals surface area contributed by atoms with Gasteiger partial charge in [0.15, 0.2) is 11.6 Å². The normalized spacial score (nSPS) is 10.4. The van der Waals surface area contributed by atoms with Crippen LogP contribution in [0.1, 0.15) is 10.4 Å². The Hall–Kier alpha value is -4.13. The van der Waals surface area contributed by atoms with Crippen molar-refractivity contribution in [3.8, 4) is 23.0 Å². The van der Waals surface area contributed by atoms with Gasteiger partial charge in [-0.15, -0.1) is 0 Å². The SMILES string of the molecule is O=C(Nc1ccc(F)c(Oc2nccc(-c3cccnc3)n2)c1)c1ccccc1. The molecule has 1 N–H and O–H groups in total. The van der Waals surface area contributed by atoms with Crippen molar-refractivity contribution in [1.82, 2.24) is 15.0 Å². The van der Waals surface area contributed by atoms with Gasteiger partial charge in [-0.3, -0.25) is 9.78 Å². The fourth-order valence-electron chi connectivity index (χ4n) is 2.62. The molecule has 2 heterocycles. The van der Waals surface area contributed by atoms with E-state index in [2.05, 4.69) is 20.3 Å². The van der Waals surface area contributed by atoms with Crippen molar-refractivity contribution in [2.45, 2.75) is 0 Å². The second-order valence-electron chi connectivity index (χ2n) is 6.03. The van der Waals surface area contributed by atoms with Gasteiger partial charge in [-0.25, -0.2) is 9.37 Å². The quantitative estimate of drug-likeness (QED) is 0.537. The number of halogens is 1. The van der Waals surface area contributed by atoms with E-state index in [1.165, 1.54) is 24.4 Å². The highest BCUT2D eigenvalue weighted by molar-refractivity contribution is 6.04. The van der Waals surface area contributed by atoms with Crippen LogP contribution in [-0.4, -0.2) is 20.9 Å². The van der Waals surface area contributed by atoms with Crippen molar-refractivity contribution in [2.75, 3.05) is 5.32 Å². The molecule has 0 saturated carbocycles. The minimum atomic E-state index is -0.599. The lowest BCUT2D eigenvalue weighted by Crippen LogP contribution is -2.11. The summed E-state index contributed by atoms with van der Waals surface area (Å²) in [5.41, 5.74) is 2.26. The summed E-state index contributed by atoms with van der Waals surface area (Å²) < 4.78 is 19.8. The van der Waals surface area contributed by atoms with Gasteiger partial charge >= 0.3 is 6.01 Å². The fourth-order valence-corrected chi connectivity index (χ4v) is 2.62. The van der Waals surface area contributed by atoms with Gasteiger partial charge in [-0.1, -0.05) is 18.2 Å². The lowest BCUT2D eigenvalue weighted by Gasteiger charge is -2.10. The number of ether oxygens (including phenoxy) is 1. The van der Waals surface area contributed by atoms with Crippen LogP contribution in [0, 0.1) is 5.82 Å². The summed E-state index contributed by atoms with van der Waals surface area (Å²) >= 11 is 0. The molecule has 0 aliphatic rings. The van der Waals surface area contributed by atoms with Crippen LogP contribution in [0.4, 0.5) is 10.1 Å². The van der Waals surface area contributed by atoms with Crippen LogP contribution in [0.15, 0.2) is 85.3 Å². The van der Waals surface area contributed by atoms with Gasteiger partial charge in [0.25, 0.3) is 5.91 Å². The summed E-state index contributed by atoms with van der Waals surface area (Å²) in [7, 11) is 0. The monoisotopic (exact) mass is 386 g/mol. The number of carbonyl (C=O) groups excluding carboxylic acids is 1. The molecule has 0 aliphatic carbocycles. The molecule has 29 heavy (non-hydrogen) atoms. The number of nitrogens with zero attached hydrogens (tertiary/aromatic N) is 3. The minimum absolute atomic E-state index is 0.0169. The zero-order chi connectivity index (χ0) is 20.1. The largest absolute Gasteiger partial charge is 0.421 e. The number of aromatic nitrogens is 3. The highest BCUT2D eigenvalue weighted by atomic mass is 19.1. The molecular formula is C22H15FN4O2. The number of benzene rings is 2. The molecule has 0 unspecified atom stereocenters. The van der Waals surface area contributed by atoms with E-state index in [4.69, 9.17) is 4.74 Å². The Bertz CT molecular complexity index is 1140. The highest BCUT2D eigenvalue weighted by Gasteiger charge is 2.12. The van der Waals surface area contributed by atoms with E-state index in [0.29, 0.717) is 16.9 Å². The molecule has 0 bridgehead atoms.